The van der Waals surface area contributed by atoms with Crippen LogP contribution in [0, 0.1) is 0 Å². The van der Waals surface area contributed by atoms with Gasteiger partial charge >= 0.3 is 5.97 Å². The van der Waals surface area contributed by atoms with Crippen LogP contribution in [0.4, 0.5) is 0 Å². The van der Waals surface area contributed by atoms with Crippen LogP contribution in [-0.2, 0) is 27.2 Å². The molecule has 2 aromatic carbocycles. The van der Waals surface area contributed by atoms with Gasteiger partial charge in [0.15, 0.2) is 0 Å². The lowest BCUT2D eigenvalue weighted by Crippen LogP contribution is -2.46. The Morgan fingerprint density at radius 2 is 1.60 bits per heavy atom. The van der Waals surface area contributed by atoms with Gasteiger partial charge in [0.25, 0.3) is 0 Å². The average Bonchev–Trinajstić information content (AvgIpc) is 2.59. The Morgan fingerprint density at radius 1 is 0.960 bits per heavy atom. The van der Waals surface area contributed by atoms with Crippen LogP contribution in [0.1, 0.15) is 11.1 Å². The molecule has 1 atom stereocenters. The van der Waals surface area contributed by atoms with E-state index in [-0.39, 0.29) is 25.3 Å². The summed E-state index contributed by atoms with van der Waals surface area (Å²) in [6.07, 6.45) is 0.325. The van der Waals surface area contributed by atoms with E-state index in [1.54, 1.807) is 0 Å². The zero-order valence-electron chi connectivity index (χ0n) is 13.5. The van der Waals surface area contributed by atoms with Gasteiger partial charge in [0, 0.05) is 6.42 Å². The van der Waals surface area contributed by atoms with Crippen LogP contribution < -0.4 is 10.6 Å². The molecule has 3 N–H and O–H groups in total. The summed E-state index contributed by atoms with van der Waals surface area (Å²) in [7, 11) is 0. The van der Waals surface area contributed by atoms with Crippen molar-refractivity contribution in [3.8, 4) is 11.1 Å². The lowest BCUT2D eigenvalue weighted by molar-refractivity contribution is -0.141. The zero-order chi connectivity index (χ0) is 17.8. The van der Waals surface area contributed by atoms with Gasteiger partial charge in [0.05, 0.1) is 13.0 Å². The van der Waals surface area contributed by atoms with E-state index < -0.39 is 17.9 Å². The molecule has 0 saturated carbocycles. The molecule has 0 aromatic heterocycles. The van der Waals surface area contributed by atoms with Crippen LogP contribution in [0.25, 0.3) is 11.1 Å². The minimum atomic E-state index is -1.11. The van der Waals surface area contributed by atoms with Crippen molar-refractivity contribution in [2.75, 3.05) is 6.54 Å². The SMILES string of the molecule is O=C1Cc2cccc(c2)-c2cccc(c2)CC(C(=O)O)NC(=O)CN1. The summed E-state index contributed by atoms with van der Waals surface area (Å²) in [5.74, 6) is -1.92. The second kappa shape index (κ2) is 7.17. The number of aliphatic carboxylic acids is 1. The van der Waals surface area contributed by atoms with Crippen LogP contribution in [0.3, 0.4) is 0 Å². The normalized spacial score (nSPS) is 17.8. The highest BCUT2D eigenvalue weighted by Gasteiger charge is 2.21. The largest absolute Gasteiger partial charge is 0.480 e. The molecule has 0 fully saturated rings. The van der Waals surface area contributed by atoms with E-state index in [0.29, 0.717) is 0 Å². The highest BCUT2D eigenvalue weighted by molar-refractivity contribution is 5.88. The minimum absolute atomic E-state index is 0.156. The van der Waals surface area contributed by atoms with Crippen LogP contribution in [0.15, 0.2) is 48.5 Å². The molecular formula is C19H18N2O4. The first kappa shape index (κ1) is 16.7. The third-order valence-corrected chi connectivity index (χ3v) is 4.07. The van der Waals surface area contributed by atoms with Gasteiger partial charge < -0.3 is 15.7 Å². The topological polar surface area (TPSA) is 95.5 Å². The van der Waals surface area contributed by atoms with E-state index in [1.165, 1.54) is 0 Å². The molecule has 0 aliphatic carbocycles. The maximum absolute atomic E-state index is 12.0. The number of hydrogen-bond acceptors (Lipinski definition) is 3. The molecule has 6 nitrogen and oxygen atoms in total. The summed E-state index contributed by atoms with van der Waals surface area (Å²) in [5, 5.41) is 14.3. The van der Waals surface area contributed by atoms with E-state index >= 15 is 0 Å². The number of rotatable bonds is 1. The van der Waals surface area contributed by atoms with Crippen molar-refractivity contribution in [3.63, 3.8) is 0 Å². The first-order valence-corrected chi connectivity index (χ1v) is 7.98. The third kappa shape index (κ3) is 4.23. The second-order valence-electron chi connectivity index (χ2n) is 6.02. The fourth-order valence-electron chi connectivity index (χ4n) is 2.85. The molecule has 0 spiro atoms. The van der Waals surface area contributed by atoms with Crippen LogP contribution >= 0.6 is 0 Å². The van der Waals surface area contributed by atoms with Crippen molar-refractivity contribution < 1.29 is 19.5 Å². The minimum Gasteiger partial charge on any atom is -0.480 e. The number of carbonyl (C=O) groups excluding carboxylic acids is 2. The molecule has 0 radical (unpaired) electrons. The van der Waals surface area contributed by atoms with Gasteiger partial charge in [-0.05, 0) is 22.3 Å². The molecule has 2 amide bonds. The number of carboxylic acids is 1. The Bertz CT molecular complexity index is 832. The zero-order valence-corrected chi connectivity index (χ0v) is 13.5. The van der Waals surface area contributed by atoms with Crippen LogP contribution in [-0.4, -0.2) is 35.5 Å². The van der Waals surface area contributed by atoms with Gasteiger partial charge in [-0.25, -0.2) is 4.79 Å². The number of nitrogens with one attached hydrogen (secondary N) is 2. The summed E-state index contributed by atoms with van der Waals surface area (Å²) >= 11 is 0. The number of benzene rings is 2. The number of hydrogen-bond donors (Lipinski definition) is 3. The molecule has 1 aliphatic heterocycles. The Morgan fingerprint density at radius 3 is 2.28 bits per heavy atom. The summed E-state index contributed by atoms with van der Waals surface area (Å²) in [5.41, 5.74) is 3.56. The van der Waals surface area contributed by atoms with E-state index in [2.05, 4.69) is 10.6 Å². The predicted molar refractivity (Wildman–Crippen MR) is 91.9 cm³/mol. The molecule has 1 heterocycles. The van der Waals surface area contributed by atoms with Gasteiger partial charge in [-0.15, -0.1) is 0 Å². The summed E-state index contributed by atoms with van der Waals surface area (Å²) in [6, 6.07) is 14.1. The molecular weight excluding hydrogens is 320 g/mol. The number of fused-ring (bicyclic) bond motifs is 5. The van der Waals surface area contributed by atoms with Gasteiger partial charge in [-0.2, -0.15) is 0 Å². The van der Waals surface area contributed by atoms with Crippen molar-refractivity contribution in [1.29, 1.82) is 0 Å². The highest BCUT2D eigenvalue weighted by Crippen LogP contribution is 2.22. The second-order valence-corrected chi connectivity index (χ2v) is 6.02. The Balaban J connectivity index is 2.01. The van der Waals surface area contributed by atoms with Crippen LogP contribution in [0.5, 0.6) is 0 Å². The Labute approximate surface area is 144 Å². The maximum Gasteiger partial charge on any atom is 0.326 e. The van der Waals surface area contributed by atoms with Crippen molar-refractivity contribution in [2.45, 2.75) is 18.9 Å². The molecule has 1 unspecified atom stereocenters. The van der Waals surface area contributed by atoms with Crippen molar-refractivity contribution >= 4 is 17.8 Å². The van der Waals surface area contributed by atoms with Crippen molar-refractivity contribution in [3.05, 3.63) is 59.7 Å². The number of carbonyl (C=O) groups is 3. The highest BCUT2D eigenvalue weighted by atomic mass is 16.4. The van der Waals surface area contributed by atoms with Crippen LogP contribution in [0.2, 0.25) is 0 Å². The fraction of sp³-hybridized carbons (Fsp3) is 0.211. The van der Waals surface area contributed by atoms with Gasteiger partial charge in [0.1, 0.15) is 6.04 Å². The lowest BCUT2D eigenvalue weighted by Gasteiger charge is -2.16. The van der Waals surface area contributed by atoms with E-state index in [9.17, 15) is 19.5 Å². The summed E-state index contributed by atoms with van der Waals surface area (Å²) < 4.78 is 0. The standard InChI is InChI=1S/C19H18N2O4/c22-17-10-13-4-2-6-15(8-13)14-5-1-3-12(7-14)9-16(19(24)25)21-18(23)11-20-17/h1-8,16H,9-11H2,(H,20,22)(H,21,23)(H,24,25). The van der Waals surface area contributed by atoms with Gasteiger partial charge in [-0.3, -0.25) is 9.59 Å². The maximum atomic E-state index is 12.0. The molecule has 6 heteroatoms. The Kier molecular flexibility index (Phi) is 4.79. The van der Waals surface area contributed by atoms with E-state index in [0.717, 1.165) is 22.3 Å². The van der Waals surface area contributed by atoms with Crippen molar-refractivity contribution in [1.82, 2.24) is 10.6 Å². The monoisotopic (exact) mass is 338 g/mol. The molecule has 25 heavy (non-hydrogen) atoms. The fourth-order valence-corrected chi connectivity index (χ4v) is 2.85. The molecule has 128 valence electrons. The van der Waals surface area contributed by atoms with E-state index in [1.807, 2.05) is 48.5 Å². The predicted octanol–water partition coefficient (Wildman–Crippen LogP) is 1.14. The number of carboxylic acid groups (broad SMARTS) is 1. The first-order chi connectivity index (χ1) is 12.0. The Hall–Kier alpha value is -3.15. The first-order valence-electron chi connectivity index (χ1n) is 7.98. The summed E-state index contributed by atoms with van der Waals surface area (Å²) in [6.45, 7) is -0.248. The smallest absolute Gasteiger partial charge is 0.326 e. The summed E-state index contributed by atoms with van der Waals surface area (Å²) in [4.78, 5) is 35.4. The molecule has 3 rings (SSSR count). The van der Waals surface area contributed by atoms with E-state index in [4.69, 9.17) is 0 Å². The third-order valence-electron chi connectivity index (χ3n) is 4.07. The van der Waals surface area contributed by atoms with Gasteiger partial charge in [0.2, 0.25) is 11.8 Å². The van der Waals surface area contributed by atoms with Gasteiger partial charge in [-0.1, -0.05) is 48.5 Å². The quantitative estimate of drug-likeness (QED) is 0.726. The average molecular weight is 338 g/mol. The lowest BCUT2D eigenvalue weighted by atomic mass is 9.97. The number of amides is 2. The van der Waals surface area contributed by atoms with Crippen molar-refractivity contribution in [2.24, 2.45) is 0 Å². The molecule has 2 aromatic rings. The molecule has 4 bridgehead atoms. The molecule has 0 saturated heterocycles. The molecule has 1 aliphatic rings.